The molecule has 0 unspecified atom stereocenters. The van der Waals surface area contributed by atoms with Crippen molar-refractivity contribution in [2.45, 2.75) is 6.92 Å². The molecule has 0 amide bonds. The van der Waals surface area contributed by atoms with Crippen molar-refractivity contribution in [1.29, 1.82) is 0 Å². The predicted molar refractivity (Wildman–Crippen MR) is 66.1 cm³/mol. The van der Waals surface area contributed by atoms with Gasteiger partial charge in [0.25, 0.3) is 0 Å². The Morgan fingerprint density at radius 2 is 1.94 bits per heavy atom. The van der Waals surface area contributed by atoms with E-state index in [0.29, 0.717) is 16.1 Å². The van der Waals surface area contributed by atoms with Crippen LogP contribution >= 0.6 is 11.6 Å². The average Bonchev–Trinajstić information content (AvgIpc) is 2.77. The van der Waals surface area contributed by atoms with Gasteiger partial charge in [0, 0.05) is 16.1 Å². The van der Waals surface area contributed by atoms with Crippen molar-refractivity contribution < 1.29 is 19.1 Å². The summed E-state index contributed by atoms with van der Waals surface area (Å²) in [7, 11) is 0. The molecule has 0 saturated heterocycles. The van der Waals surface area contributed by atoms with E-state index in [1.807, 2.05) is 0 Å². The molecule has 4 nitrogen and oxygen atoms in total. The van der Waals surface area contributed by atoms with Crippen LogP contribution in [0.2, 0.25) is 5.02 Å². The van der Waals surface area contributed by atoms with Gasteiger partial charge in [-0.3, -0.25) is 4.79 Å². The number of halogens is 1. The fraction of sp³-hybridized carbons (Fsp3) is 0.0769. The molecule has 2 rings (SSSR count). The molecule has 1 aromatic carbocycles. The number of hydrogen-bond donors (Lipinski definition) is 1. The number of ketones is 1. The molecule has 0 aliphatic rings. The second kappa shape index (κ2) is 4.66. The summed E-state index contributed by atoms with van der Waals surface area (Å²) in [4.78, 5) is 22.6. The Kier molecular flexibility index (Phi) is 3.21. The summed E-state index contributed by atoms with van der Waals surface area (Å²) in [6, 6.07) is 5.98. The molecule has 0 spiro atoms. The van der Waals surface area contributed by atoms with E-state index in [9.17, 15) is 9.59 Å². The highest BCUT2D eigenvalue weighted by Crippen LogP contribution is 2.31. The third-order valence-electron chi connectivity index (χ3n) is 2.50. The summed E-state index contributed by atoms with van der Waals surface area (Å²) in [6.07, 6.45) is 1.27. The number of hydrogen-bond acceptors (Lipinski definition) is 3. The van der Waals surface area contributed by atoms with Crippen LogP contribution in [-0.4, -0.2) is 16.9 Å². The van der Waals surface area contributed by atoms with E-state index in [-0.39, 0.29) is 17.1 Å². The average molecular weight is 265 g/mol. The van der Waals surface area contributed by atoms with Gasteiger partial charge in [0.15, 0.2) is 5.78 Å². The Morgan fingerprint density at radius 3 is 2.56 bits per heavy atom. The minimum Gasteiger partial charge on any atom is -0.478 e. The van der Waals surface area contributed by atoms with Crippen molar-refractivity contribution >= 4 is 23.4 Å². The summed E-state index contributed by atoms with van der Waals surface area (Å²) in [5.74, 6) is -1.17. The second-order valence-electron chi connectivity index (χ2n) is 3.71. The van der Waals surface area contributed by atoms with Crippen LogP contribution in [-0.2, 0) is 0 Å². The van der Waals surface area contributed by atoms with Crippen LogP contribution in [0.15, 0.2) is 34.9 Å². The summed E-state index contributed by atoms with van der Waals surface area (Å²) in [6.45, 7) is 1.40. The molecule has 0 radical (unpaired) electrons. The number of Topliss-reactive ketones (excluding diaryl/α,β-unsaturated/α-hetero) is 1. The molecule has 1 heterocycles. The zero-order valence-corrected chi connectivity index (χ0v) is 10.2. The summed E-state index contributed by atoms with van der Waals surface area (Å²) >= 11 is 5.87. The molecule has 0 aliphatic heterocycles. The topological polar surface area (TPSA) is 67.5 Å². The lowest BCUT2D eigenvalue weighted by molar-refractivity contribution is 0.0697. The van der Waals surface area contributed by atoms with Crippen LogP contribution in [0.25, 0.3) is 11.3 Å². The molecule has 18 heavy (non-hydrogen) atoms. The van der Waals surface area contributed by atoms with Gasteiger partial charge in [0.1, 0.15) is 11.3 Å². The van der Waals surface area contributed by atoms with E-state index in [0.717, 1.165) is 0 Å². The first kappa shape index (κ1) is 12.4. The van der Waals surface area contributed by atoms with Gasteiger partial charge in [0.2, 0.25) is 0 Å². The molecule has 0 atom stereocenters. The zero-order valence-electron chi connectivity index (χ0n) is 9.44. The number of carboxylic acid groups (broad SMARTS) is 1. The van der Waals surface area contributed by atoms with Crippen LogP contribution < -0.4 is 0 Å². The lowest BCUT2D eigenvalue weighted by Gasteiger charge is -2.06. The molecular formula is C13H9ClO4. The van der Waals surface area contributed by atoms with Crippen LogP contribution in [0.3, 0.4) is 0 Å². The van der Waals surface area contributed by atoms with Gasteiger partial charge in [-0.25, -0.2) is 4.79 Å². The van der Waals surface area contributed by atoms with Crippen molar-refractivity contribution in [1.82, 2.24) is 0 Å². The van der Waals surface area contributed by atoms with Gasteiger partial charge >= 0.3 is 5.97 Å². The number of aromatic carboxylic acids is 1. The maximum absolute atomic E-state index is 11.5. The number of rotatable bonds is 3. The van der Waals surface area contributed by atoms with E-state index in [2.05, 4.69) is 0 Å². The second-order valence-corrected chi connectivity index (χ2v) is 4.15. The highest BCUT2D eigenvalue weighted by atomic mass is 35.5. The summed E-state index contributed by atoms with van der Waals surface area (Å²) < 4.78 is 5.17. The van der Waals surface area contributed by atoms with Crippen molar-refractivity contribution in [3.05, 3.63) is 46.7 Å². The number of benzene rings is 1. The van der Waals surface area contributed by atoms with E-state index in [4.69, 9.17) is 21.1 Å². The van der Waals surface area contributed by atoms with Crippen molar-refractivity contribution in [3.8, 4) is 11.3 Å². The quantitative estimate of drug-likeness (QED) is 0.862. The van der Waals surface area contributed by atoms with E-state index in [1.54, 1.807) is 12.1 Å². The van der Waals surface area contributed by atoms with Crippen LogP contribution in [0.1, 0.15) is 27.6 Å². The summed E-state index contributed by atoms with van der Waals surface area (Å²) in [5.41, 5.74) is 0.758. The lowest BCUT2D eigenvalue weighted by Crippen LogP contribution is -2.00. The normalized spacial score (nSPS) is 10.3. The molecule has 2 aromatic rings. The lowest BCUT2D eigenvalue weighted by atomic mass is 10.00. The molecule has 0 fully saturated rings. The van der Waals surface area contributed by atoms with Crippen LogP contribution in [0.4, 0.5) is 0 Å². The first-order chi connectivity index (χ1) is 8.50. The van der Waals surface area contributed by atoms with Crippen LogP contribution in [0.5, 0.6) is 0 Å². The maximum atomic E-state index is 11.5. The Morgan fingerprint density at radius 1 is 1.22 bits per heavy atom. The first-order valence-electron chi connectivity index (χ1n) is 5.12. The van der Waals surface area contributed by atoms with Gasteiger partial charge in [-0.15, -0.1) is 0 Å². The van der Waals surface area contributed by atoms with Gasteiger partial charge in [-0.1, -0.05) is 11.6 Å². The van der Waals surface area contributed by atoms with E-state index >= 15 is 0 Å². The SMILES string of the molecule is CC(=O)c1ccc(Cl)cc1-c1occc1C(=O)O. The van der Waals surface area contributed by atoms with E-state index < -0.39 is 5.97 Å². The standard InChI is InChI=1S/C13H9ClO4/c1-7(15)9-3-2-8(14)6-11(9)12-10(13(16)17)4-5-18-12/h2-6H,1H3,(H,16,17). The van der Waals surface area contributed by atoms with E-state index in [1.165, 1.54) is 25.3 Å². The largest absolute Gasteiger partial charge is 0.478 e. The Bertz CT molecular complexity index is 628. The van der Waals surface area contributed by atoms with Gasteiger partial charge < -0.3 is 9.52 Å². The van der Waals surface area contributed by atoms with Crippen LogP contribution in [0, 0.1) is 0 Å². The fourth-order valence-corrected chi connectivity index (χ4v) is 1.87. The highest BCUT2D eigenvalue weighted by molar-refractivity contribution is 6.31. The third kappa shape index (κ3) is 2.15. The third-order valence-corrected chi connectivity index (χ3v) is 2.74. The minimum atomic E-state index is -1.12. The van der Waals surface area contributed by atoms with Gasteiger partial charge in [0.05, 0.1) is 6.26 Å². The fourth-order valence-electron chi connectivity index (χ4n) is 1.70. The first-order valence-corrected chi connectivity index (χ1v) is 5.50. The van der Waals surface area contributed by atoms with Crippen molar-refractivity contribution in [2.24, 2.45) is 0 Å². The molecular weight excluding hydrogens is 256 g/mol. The molecule has 92 valence electrons. The minimum absolute atomic E-state index is 0.000216. The molecule has 0 saturated carbocycles. The van der Waals surface area contributed by atoms with Crippen molar-refractivity contribution in [2.75, 3.05) is 0 Å². The molecule has 0 aliphatic carbocycles. The number of carboxylic acids is 1. The molecule has 5 heteroatoms. The Hall–Kier alpha value is -2.07. The molecule has 0 bridgehead atoms. The smallest absolute Gasteiger partial charge is 0.339 e. The molecule has 1 aromatic heterocycles. The zero-order chi connectivity index (χ0) is 13.3. The predicted octanol–water partition coefficient (Wildman–Crippen LogP) is 3.50. The van der Waals surface area contributed by atoms with Gasteiger partial charge in [-0.2, -0.15) is 0 Å². The molecule has 1 N–H and O–H groups in total. The number of carbonyl (C=O) groups excluding carboxylic acids is 1. The maximum Gasteiger partial charge on any atom is 0.339 e. The van der Waals surface area contributed by atoms with Crippen molar-refractivity contribution in [3.63, 3.8) is 0 Å². The Balaban J connectivity index is 2.69. The summed E-state index contributed by atoms with van der Waals surface area (Å²) in [5, 5.41) is 9.44. The monoisotopic (exact) mass is 264 g/mol. The Labute approximate surface area is 108 Å². The van der Waals surface area contributed by atoms with Gasteiger partial charge in [-0.05, 0) is 31.2 Å². The number of carbonyl (C=O) groups is 2. The number of furan rings is 1. The highest BCUT2D eigenvalue weighted by Gasteiger charge is 2.19.